The number of para-hydroxylation sites is 1. The molecule has 2 heterocycles. The van der Waals surface area contributed by atoms with Gasteiger partial charge in [-0.05, 0) is 25.1 Å². The van der Waals surface area contributed by atoms with Crippen LogP contribution in [0.25, 0.3) is 11.3 Å². The molecule has 1 amide bonds. The van der Waals surface area contributed by atoms with Gasteiger partial charge in [0.15, 0.2) is 5.82 Å². The van der Waals surface area contributed by atoms with Crippen LogP contribution in [0.3, 0.4) is 0 Å². The lowest BCUT2D eigenvalue weighted by molar-refractivity contribution is 0.101. The van der Waals surface area contributed by atoms with Crippen molar-refractivity contribution < 1.29 is 9.53 Å². The predicted molar refractivity (Wildman–Crippen MR) is 86.5 cm³/mol. The van der Waals surface area contributed by atoms with Crippen molar-refractivity contribution in [1.29, 1.82) is 0 Å². The highest BCUT2D eigenvalue weighted by Gasteiger charge is 2.14. The minimum absolute atomic E-state index is 0.258. The van der Waals surface area contributed by atoms with Crippen LogP contribution in [0.5, 0.6) is 5.75 Å². The van der Waals surface area contributed by atoms with Gasteiger partial charge < -0.3 is 10.1 Å². The zero-order valence-electron chi connectivity index (χ0n) is 13.1. The van der Waals surface area contributed by atoms with Gasteiger partial charge in [0.1, 0.15) is 11.4 Å². The van der Waals surface area contributed by atoms with Gasteiger partial charge in [-0.15, -0.1) is 0 Å². The van der Waals surface area contributed by atoms with Gasteiger partial charge in [-0.1, -0.05) is 12.1 Å². The molecule has 118 valence electrons. The topological polar surface area (TPSA) is 84.8 Å². The number of aromatic nitrogens is 4. The molecule has 0 aliphatic heterocycles. The Morgan fingerprint density at radius 3 is 2.78 bits per heavy atom. The Bertz CT molecular complexity index is 850. The number of amides is 1. The van der Waals surface area contributed by atoms with Gasteiger partial charge in [-0.2, -0.15) is 10.2 Å². The summed E-state index contributed by atoms with van der Waals surface area (Å²) in [7, 11) is 3.34. The largest absolute Gasteiger partial charge is 0.496 e. The number of anilines is 1. The minimum atomic E-state index is -0.258. The van der Waals surface area contributed by atoms with E-state index >= 15 is 0 Å². The molecular weight excluding hydrogens is 294 g/mol. The quantitative estimate of drug-likeness (QED) is 0.774. The SMILES string of the molecule is COc1ccccc1-c1cc(NC(=O)c2cc(C)nn2C)n[nH]1. The normalized spacial score (nSPS) is 10.6. The van der Waals surface area contributed by atoms with Crippen molar-refractivity contribution in [1.82, 2.24) is 20.0 Å². The smallest absolute Gasteiger partial charge is 0.275 e. The second-order valence-corrected chi connectivity index (χ2v) is 5.12. The van der Waals surface area contributed by atoms with Crippen LogP contribution >= 0.6 is 0 Å². The minimum Gasteiger partial charge on any atom is -0.496 e. The van der Waals surface area contributed by atoms with E-state index in [1.807, 2.05) is 31.2 Å². The number of rotatable bonds is 4. The molecule has 0 saturated carbocycles. The summed E-state index contributed by atoms with van der Waals surface area (Å²) in [5.74, 6) is 0.914. The first-order valence-corrected chi connectivity index (χ1v) is 7.09. The highest BCUT2D eigenvalue weighted by molar-refractivity contribution is 6.02. The van der Waals surface area contributed by atoms with Crippen LogP contribution in [0.1, 0.15) is 16.2 Å². The summed E-state index contributed by atoms with van der Waals surface area (Å²) >= 11 is 0. The lowest BCUT2D eigenvalue weighted by Gasteiger charge is -2.05. The van der Waals surface area contributed by atoms with E-state index in [2.05, 4.69) is 20.6 Å². The van der Waals surface area contributed by atoms with Gasteiger partial charge in [0.25, 0.3) is 5.91 Å². The molecule has 3 rings (SSSR count). The van der Waals surface area contributed by atoms with Crippen molar-refractivity contribution in [2.45, 2.75) is 6.92 Å². The van der Waals surface area contributed by atoms with E-state index in [4.69, 9.17) is 4.74 Å². The summed E-state index contributed by atoms with van der Waals surface area (Å²) in [6.07, 6.45) is 0. The summed E-state index contributed by atoms with van der Waals surface area (Å²) in [6.45, 7) is 1.84. The average molecular weight is 311 g/mol. The molecule has 0 spiro atoms. The van der Waals surface area contributed by atoms with Crippen molar-refractivity contribution in [2.24, 2.45) is 7.05 Å². The third kappa shape index (κ3) is 2.94. The number of benzene rings is 1. The molecule has 3 aromatic rings. The number of hydrogen-bond donors (Lipinski definition) is 2. The van der Waals surface area contributed by atoms with Crippen molar-refractivity contribution in [3.05, 3.63) is 47.8 Å². The summed E-state index contributed by atoms with van der Waals surface area (Å²) < 4.78 is 6.87. The van der Waals surface area contributed by atoms with Crippen LogP contribution in [0.2, 0.25) is 0 Å². The molecule has 0 atom stereocenters. The maximum Gasteiger partial charge on any atom is 0.275 e. The Labute approximate surface area is 133 Å². The number of H-pyrrole nitrogens is 1. The Balaban J connectivity index is 1.82. The monoisotopic (exact) mass is 311 g/mol. The van der Waals surface area contributed by atoms with Crippen molar-refractivity contribution in [2.75, 3.05) is 12.4 Å². The molecule has 0 bridgehead atoms. The van der Waals surface area contributed by atoms with Crippen LogP contribution in [0.4, 0.5) is 5.82 Å². The molecule has 1 aromatic carbocycles. The van der Waals surface area contributed by atoms with Gasteiger partial charge in [-0.3, -0.25) is 14.6 Å². The number of methoxy groups -OCH3 is 1. The molecule has 23 heavy (non-hydrogen) atoms. The number of aromatic amines is 1. The van der Waals surface area contributed by atoms with E-state index in [0.29, 0.717) is 11.5 Å². The number of carbonyl (C=O) groups excluding carboxylic acids is 1. The van der Waals surface area contributed by atoms with Crippen LogP contribution < -0.4 is 10.1 Å². The summed E-state index contributed by atoms with van der Waals surface area (Å²) in [5, 5.41) is 14.0. The van der Waals surface area contributed by atoms with E-state index < -0.39 is 0 Å². The zero-order valence-corrected chi connectivity index (χ0v) is 13.1. The Hall–Kier alpha value is -3.09. The molecule has 0 radical (unpaired) electrons. The van der Waals surface area contributed by atoms with E-state index in [0.717, 1.165) is 22.7 Å². The van der Waals surface area contributed by atoms with E-state index in [1.54, 1.807) is 31.0 Å². The van der Waals surface area contributed by atoms with E-state index in [-0.39, 0.29) is 5.91 Å². The number of aryl methyl sites for hydroxylation is 2. The molecule has 2 N–H and O–H groups in total. The van der Waals surface area contributed by atoms with E-state index in [1.165, 1.54) is 0 Å². The number of nitrogens with zero attached hydrogens (tertiary/aromatic N) is 3. The molecule has 0 aliphatic carbocycles. The van der Waals surface area contributed by atoms with Gasteiger partial charge >= 0.3 is 0 Å². The van der Waals surface area contributed by atoms with Crippen LogP contribution in [-0.4, -0.2) is 33.0 Å². The first-order chi connectivity index (χ1) is 11.1. The maximum atomic E-state index is 12.3. The third-order valence-electron chi connectivity index (χ3n) is 3.45. The molecular formula is C16H17N5O2. The molecule has 0 unspecified atom stereocenters. The van der Waals surface area contributed by atoms with Crippen LogP contribution in [-0.2, 0) is 7.05 Å². The number of nitrogens with one attached hydrogen (secondary N) is 2. The van der Waals surface area contributed by atoms with Gasteiger partial charge in [0.2, 0.25) is 0 Å². The Morgan fingerprint density at radius 2 is 2.09 bits per heavy atom. The average Bonchev–Trinajstić information content (AvgIpc) is 3.13. The molecule has 0 fully saturated rings. The fourth-order valence-corrected chi connectivity index (χ4v) is 2.39. The fraction of sp³-hybridized carbons (Fsp3) is 0.188. The molecule has 7 heteroatoms. The molecule has 7 nitrogen and oxygen atoms in total. The summed E-state index contributed by atoms with van der Waals surface area (Å²) in [5.41, 5.74) is 2.90. The molecule has 0 aliphatic rings. The second kappa shape index (κ2) is 5.96. The fourth-order valence-electron chi connectivity index (χ4n) is 2.39. The second-order valence-electron chi connectivity index (χ2n) is 5.12. The number of hydrogen-bond acceptors (Lipinski definition) is 4. The van der Waals surface area contributed by atoms with Crippen molar-refractivity contribution in [3.63, 3.8) is 0 Å². The van der Waals surface area contributed by atoms with Crippen molar-refractivity contribution >= 4 is 11.7 Å². The summed E-state index contributed by atoms with van der Waals surface area (Å²) in [6, 6.07) is 11.1. The number of ether oxygens (including phenoxy) is 1. The zero-order chi connectivity index (χ0) is 16.4. The Kier molecular flexibility index (Phi) is 3.84. The van der Waals surface area contributed by atoms with E-state index in [9.17, 15) is 4.79 Å². The van der Waals surface area contributed by atoms with Gasteiger partial charge in [-0.25, -0.2) is 0 Å². The standard InChI is InChI=1S/C16H17N5O2/c1-10-8-13(21(2)20-10)16(22)17-15-9-12(18-19-15)11-6-4-5-7-14(11)23-3/h4-9H,1-3H3,(H2,17,18,19,22). The first kappa shape index (κ1) is 14.8. The third-order valence-corrected chi connectivity index (χ3v) is 3.45. The first-order valence-electron chi connectivity index (χ1n) is 7.09. The lowest BCUT2D eigenvalue weighted by Crippen LogP contribution is -2.16. The van der Waals surface area contributed by atoms with Crippen LogP contribution in [0.15, 0.2) is 36.4 Å². The maximum absolute atomic E-state index is 12.3. The molecule has 2 aromatic heterocycles. The van der Waals surface area contributed by atoms with Crippen LogP contribution in [0, 0.1) is 6.92 Å². The molecule has 0 saturated heterocycles. The highest BCUT2D eigenvalue weighted by atomic mass is 16.5. The van der Waals surface area contributed by atoms with Crippen molar-refractivity contribution in [3.8, 4) is 17.0 Å². The summed E-state index contributed by atoms with van der Waals surface area (Å²) in [4.78, 5) is 12.3. The number of carbonyl (C=O) groups is 1. The highest BCUT2D eigenvalue weighted by Crippen LogP contribution is 2.29. The predicted octanol–water partition coefficient (Wildman–Crippen LogP) is 2.38. The lowest BCUT2D eigenvalue weighted by atomic mass is 10.1. The van der Waals surface area contributed by atoms with Gasteiger partial charge in [0, 0.05) is 18.7 Å². The van der Waals surface area contributed by atoms with Gasteiger partial charge in [0.05, 0.1) is 18.5 Å². The Morgan fingerprint density at radius 1 is 1.30 bits per heavy atom.